The van der Waals surface area contributed by atoms with Gasteiger partial charge in [0.1, 0.15) is 0 Å². The first-order valence-electron chi connectivity index (χ1n) is 6.80. The molecule has 2 aliphatic rings. The molecule has 18 heavy (non-hydrogen) atoms. The quantitative estimate of drug-likeness (QED) is 0.854. The van der Waals surface area contributed by atoms with E-state index in [1.807, 2.05) is 30.3 Å². The Labute approximate surface area is 108 Å². The van der Waals surface area contributed by atoms with Gasteiger partial charge in [0.05, 0.1) is 6.42 Å². The van der Waals surface area contributed by atoms with Crippen LogP contribution < -0.4 is 5.32 Å². The standard InChI is InChI=1S/C15H20N2O/c18-14(10-13-4-2-1-3-5-13)17-9-7-15(12-17)6-8-16-11-15/h1-5,16H,6-12H2. The molecule has 2 aliphatic heterocycles. The molecule has 1 aromatic carbocycles. The van der Waals surface area contributed by atoms with E-state index in [9.17, 15) is 4.79 Å². The van der Waals surface area contributed by atoms with E-state index in [0.29, 0.717) is 11.8 Å². The van der Waals surface area contributed by atoms with Crippen LogP contribution in [0.25, 0.3) is 0 Å². The maximum Gasteiger partial charge on any atom is 0.227 e. The lowest BCUT2D eigenvalue weighted by Crippen LogP contribution is -2.34. The van der Waals surface area contributed by atoms with Crippen molar-refractivity contribution in [3.63, 3.8) is 0 Å². The van der Waals surface area contributed by atoms with E-state index in [1.54, 1.807) is 0 Å². The maximum absolute atomic E-state index is 12.3. The molecular formula is C15H20N2O. The van der Waals surface area contributed by atoms with E-state index in [1.165, 1.54) is 12.8 Å². The van der Waals surface area contributed by atoms with Crippen molar-refractivity contribution >= 4 is 5.91 Å². The Morgan fingerprint density at radius 1 is 1.28 bits per heavy atom. The van der Waals surface area contributed by atoms with E-state index in [0.717, 1.165) is 31.7 Å². The predicted octanol–water partition coefficient (Wildman–Crippen LogP) is 1.44. The Bertz CT molecular complexity index is 423. The van der Waals surface area contributed by atoms with Gasteiger partial charge < -0.3 is 10.2 Å². The second-order valence-electron chi connectivity index (χ2n) is 5.65. The SMILES string of the molecule is O=C(Cc1ccccc1)N1CCC2(CCNC2)C1. The van der Waals surface area contributed by atoms with Gasteiger partial charge in [-0.3, -0.25) is 4.79 Å². The molecule has 1 unspecified atom stereocenters. The highest BCUT2D eigenvalue weighted by molar-refractivity contribution is 5.79. The van der Waals surface area contributed by atoms with Crippen LogP contribution in [0.2, 0.25) is 0 Å². The Hall–Kier alpha value is -1.35. The van der Waals surface area contributed by atoms with Crippen LogP contribution in [-0.2, 0) is 11.2 Å². The van der Waals surface area contributed by atoms with Crippen LogP contribution in [0.1, 0.15) is 18.4 Å². The zero-order valence-electron chi connectivity index (χ0n) is 10.7. The molecule has 0 aliphatic carbocycles. The van der Waals surface area contributed by atoms with Gasteiger partial charge in [0.15, 0.2) is 0 Å². The number of carbonyl (C=O) groups excluding carboxylic acids is 1. The number of carbonyl (C=O) groups is 1. The number of nitrogens with zero attached hydrogens (tertiary/aromatic N) is 1. The van der Waals surface area contributed by atoms with Gasteiger partial charge in [0, 0.05) is 25.0 Å². The first-order valence-corrected chi connectivity index (χ1v) is 6.80. The van der Waals surface area contributed by atoms with Gasteiger partial charge in [-0.05, 0) is 24.9 Å². The number of rotatable bonds is 2. The van der Waals surface area contributed by atoms with Gasteiger partial charge in [0.2, 0.25) is 5.91 Å². The van der Waals surface area contributed by atoms with Crippen molar-refractivity contribution < 1.29 is 4.79 Å². The van der Waals surface area contributed by atoms with E-state index in [4.69, 9.17) is 0 Å². The summed E-state index contributed by atoms with van der Waals surface area (Å²) in [7, 11) is 0. The van der Waals surface area contributed by atoms with Crippen molar-refractivity contribution in [2.75, 3.05) is 26.2 Å². The number of hydrogen-bond donors (Lipinski definition) is 1. The summed E-state index contributed by atoms with van der Waals surface area (Å²) in [6.45, 7) is 4.09. The van der Waals surface area contributed by atoms with Gasteiger partial charge in [0.25, 0.3) is 0 Å². The van der Waals surface area contributed by atoms with Crippen LogP contribution in [0.4, 0.5) is 0 Å². The van der Waals surface area contributed by atoms with E-state index >= 15 is 0 Å². The Kier molecular flexibility index (Phi) is 3.08. The molecule has 2 fully saturated rings. The van der Waals surface area contributed by atoms with E-state index < -0.39 is 0 Å². The van der Waals surface area contributed by atoms with Crippen molar-refractivity contribution in [1.82, 2.24) is 10.2 Å². The lowest BCUT2D eigenvalue weighted by molar-refractivity contribution is -0.129. The Balaban J connectivity index is 1.61. The summed E-state index contributed by atoms with van der Waals surface area (Å²) in [6.07, 6.45) is 2.94. The molecule has 2 heterocycles. The smallest absolute Gasteiger partial charge is 0.227 e. The van der Waals surface area contributed by atoms with Crippen molar-refractivity contribution in [2.24, 2.45) is 5.41 Å². The molecule has 96 valence electrons. The average molecular weight is 244 g/mol. The number of likely N-dealkylation sites (tertiary alicyclic amines) is 1. The molecule has 3 nitrogen and oxygen atoms in total. The van der Waals surface area contributed by atoms with E-state index in [-0.39, 0.29) is 5.91 Å². The average Bonchev–Trinajstić information content (AvgIpc) is 3.02. The van der Waals surface area contributed by atoms with Crippen molar-refractivity contribution in [2.45, 2.75) is 19.3 Å². The molecule has 1 aromatic rings. The first-order chi connectivity index (χ1) is 8.77. The highest BCUT2D eigenvalue weighted by Gasteiger charge is 2.41. The molecule has 2 saturated heterocycles. The van der Waals surface area contributed by atoms with Gasteiger partial charge >= 0.3 is 0 Å². The summed E-state index contributed by atoms with van der Waals surface area (Å²) in [5.41, 5.74) is 1.50. The van der Waals surface area contributed by atoms with Crippen LogP contribution in [0.3, 0.4) is 0 Å². The number of nitrogens with one attached hydrogen (secondary N) is 1. The third-order valence-corrected chi connectivity index (χ3v) is 4.32. The van der Waals surface area contributed by atoms with Crippen LogP contribution >= 0.6 is 0 Å². The molecule has 0 radical (unpaired) electrons. The summed E-state index contributed by atoms with van der Waals surface area (Å²) < 4.78 is 0. The summed E-state index contributed by atoms with van der Waals surface area (Å²) in [4.78, 5) is 14.3. The van der Waals surface area contributed by atoms with Crippen LogP contribution in [0, 0.1) is 5.41 Å². The topological polar surface area (TPSA) is 32.3 Å². The molecule has 0 saturated carbocycles. The molecule has 3 rings (SSSR count). The fourth-order valence-corrected chi connectivity index (χ4v) is 3.17. The minimum absolute atomic E-state index is 0.282. The first kappa shape index (κ1) is 11.7. The van der Waals surface area contributed by atoms with E-state index in [2.05, 4.69) is 10.2 Å². The van der Waals surface area contributed by atoms with Gasteiger partial charge in [-0.1, -0.05) is 30.3 Å². The molecule has 1 atom stereocenters. The molecule has 0 bridgehead atoms. The highest BCUT2D eigenvalue weighted by Crippen LogP contribution is 2.36. The number of benzene rings is 1. The molecule has 1 N–H and O–H groups in total. The summed E-state index contributed by atoms with van der Waals surface area (Å²) in [5.74, 6) is 0.282. The van der Waals surface area contributed by atoms with Crippen LogP contribution in [-0.4, -0.2) is 37.0 Å². The second kappa shape index (κ2) is 4.73. The van der Waals surface area contributed by atoms with Crippen molar-refractivity contribution in [1.29, 1.82) is 0 Å². The zero-order chi connectivity index (χ0) is 12.4. The third kappa shape index (κ3) is 2.27. The highest BCUT2D eigenvalue weighted by atomic mass is 16.2. The predicted molar refractivity (Wildman–Crippen MR) is 71.3 cm³/mol. The second-order valence-corrected chi connectivity index (χ2v) is 5.65. The molecule has 0 aromatic heterocycles. The minimum atomic E-state index is 0.282. The van der Waals surface area contributed by atoms with Crippen LogP contribution in [0.15, 0.2) is 30.3 Å². The maximum atomic E-state index is 12.3. The molecule has 1 amide bonds. The van der Waals surface area contributed by atoms with Crippen molar-refractivity contribution in [3.8, 4) is 0 Å². The number of amides is 1. The lowest BCUT2D eigenvalue weighted by atomic mass is 9.86. The lowest BCUT2D eigenvalue weighted by Gasteiger charge is -2.22. The largest absolute Gasteiger partial charge is 0.342 e. The fourth-order valence-electron chi connectivity index (χ4n) is 3.17. The normalized spacial score (nSPS) is 27.0. The molecular weight excluding hydrogens is 224 g/mol. The Morgan fingerprint density at radius 2 is 2.11 bits per heavy atom. The molecule has 3 heteroatoms. The summed E-state index contributed by atoms with van der Waals surface area (Å²) in [5, 5.41) is 3.43. The van der Waals surface area contributed by atoms with Crippen LogP contribution in [0.5, 0.6) is 0 Å². The number of hydrogen-bond acceptors (Lipinski definition) is 2. The third-order valence-electron chi connectivity index (χ3n) is 4.32. The summed E-state index contributed by atoms with van der Waals surface area (Å²) in [6, 6.07) is 10.0. The monoisotopic (exact) mass is 244 g/mol. The van der Waals surface area contributed by atoms with Gasteiger partial charge in [-0.2, -0.15) is 0 Å². The molecule has 1 spiro atoms. The van der Waals surface area contributed by atoms with Gasteiger partial charge in [-0.15, -0.1) is 0 Å². The summed E-state index contributed by atoms with van der Waals surface area (Å²) >= 11 is 0. The fraction of sp³-hybridized carbons (Fsp3) is 0.533. The van der Waals surface area contributed by atoms with Crippen molar-refractivity contribution in [3.05, 3.63) is 35.9 Å². The minimum Gasteiger partial charge on any atom is -0.342 e. The zero-order valence-corrected chi connectivity index (χ0v) is 10.7. The Morgan fingerprint density at radius 3 is 2.83 bits per heavy atom. The van der Waals surface area contributed by atoms with Gasteiger partial charge in [-0.25, -0.2) is 0 Å².